The van der Waals surface area contributed by atoms with Crippen LogP contribution in [0.3, 0.4) is 0 Å². The van der Waals surface area contributed by atoms with Crippen LogP contribution in [-0.2, 0) is 28.0 Å². The number of fused-ring (bicyclic) bond motifs is 9. The van der Waals surface area contributed by atoms with Crippen LogP contribution in [0.4, 0.5) is 0 Å². The predicted octanol–water partition coefficient (Wildman–Crippen LogP) is 8.20. The zero-order valence-corrected chi connectivity index (χ0v) is 24.8. The molecule has 0 N–H and O–H groups in total. The molecule has 210 valence electrons. The van der Waals surface area contributed by atoms with Crippen molar-refractivity contribution in [3.63, 3.8) is 0 Å². The Bertz CT molecular complexity index is 1810. The number of nitrogens with zero attached hydrogens (tertiary/aromatic N) is 3. The van der Waals surface area contributed by atoms with Crippen LogP contribution in [0.1, 0.15) is 75.5 Å². The molecule has 2 aromatic heterocycles. The highest BCUT2D eigenvalue weighted by atomic mass is 16.5. The van der Waals surface area contributed by atoms with Gasteiger partial charge in [0.15, 0.2) is 0 Å². The minimum Gasteiger partial charge on any atom is -0.469 e. The number of methoxy groups -OCH3 is 1. The van der Waals surface area contributed by atoms with Crippen LogP contribution in [0.2, 0.25) is 0 Å². The van der Waals surface area contributed by atoms with Gasteiger partial charge in [0, 0.05) is 40.9 Å². The van der Waals surface area contributed by atoms with Gasteiger partial charge in [-0.25, -0.2) is 4.98 Å². The Balaban J connectivity index is 1.51. The number of ether oxygens (including phenoxy) is 1. The molecule has 7 rings (SSSR count). The van der Waals surface area contributed by atoms with E-state index in [0.29, 0.717) is 5.92 Å². The van der Waals surface area contributed by atoms with Crippen molar-refractivity contribution in [1.29, 1.82) is 0 Å². The molecule has 3 aromatic carbocycles. The third-order valence-electron chi connectivity index (χ3n) is 10.3. The maximum absolute atomic E-state index is 13.7. The fraction of sp³-hybridized carbons (Fsp3) is 0.389. The first-order chi connectivity index (χ1) is 19.8. The van der Waals surface area contributed by atoms with Crippen molar-refractivity contribution in [3.8, 4) is 11.3 Å². The van der Waals surface area contributed by atoms with E-state index in [1.54, 1.807) is 7.11 Å². The number of imidazole rings is 1. The van der Waals surface area contributed by atoms with Crippen molar-refractivity contribution < 1.29 is 9.53 Å². The van der Waals surface area contributed by atoms with Crippen LogP contribution in [0.15, 0.2) is 73.1 Å². The number of rotatable bonds is 5. The molecule has 0 aliphatic heterocycles. The van der Waals surface area contributed by atoms with Crippen molar-refractivity contribution in [2.24, 2.45) is 5.41 Å². The number of hydrogen-bond acceptors (Lipinski definition) is 3. The number of hydrogen-bond donors (Lipinski definition) is 0. The molecule has 5 heteroatoms. The van der Waals surface area contributed by atoms with Crippen LogP contribution in [-0.4, -0.2) is 27.2 Å². The Morgan fingerprint density at radius 1 is 1.00 bits per heavy atom. The normalized spacial score (nSPS) is 23.4. The maximum atomic E-state index is 13.7. The molecule has 5 aromatic rings. The molecular weight excluding hydrogens is 506 g/mol. The van der Waals surface area contributed by atoms with Crippen molar-refractivity contribution >= 4 is 27.9 Å². The first-order valence-corrected chi connectivity index (χ1v) is 15.0. The van der Waals surface area contributed by atoms with Gasteiger partial charge in [-0.1, -0.05) is 69.7 Å². The van der Waals surface area contributed by atoms with Gasteiger partial charge in [-0.2, -0.15) is 0 Å². The van der Waals surface area contributed by atoms with Crippen molar-refractivity contribution in [2.45, 2.75) is 77.3 Å². The standard InChI is InChI=1S/C36H39N3O2/c1-23(2)24-15-16-27-26(21-24)32-31(33-35(27,3)17-10-18-36(33,4)34(40)41-5)25-11-6-8-13-29(25)39(32)20-19-38-22-37-28-12-7-9-14-30(28)38/h6-9,11-16,21-23,33H,10,17-20H2,1-5H3/t33?,35-,36-/m1/s1. The van der Waals surface area contributed by atoms with E-state index in [1.807, 2.05) is 12.4 Å². The van der Waals surface area contributed by atoms with Gasteiger partial charge in [-0.05, 0) is 66.6 Å². The van der Waals surface area contributed by atoms with Gasteiger partial charge in [-0.3, -0.25) is 4.79 Å². The Kier molecular flexibility index (Phi) is 5.93. The predicted molar refractivity (Wildman–Crippen MR) is 165 cm³/mol. The number of esters is 1. The average molecular weight is 546 g/mol. The molecule has 1 unspecified atom stereocenters. The molecule has 2 aliphatic rings. The summed E-state index contributed by atoms with van der Waals surface area (Å²) < 4.78 is 10.3. The third-order valence-corrected chi connectivity index (χ3v) is 10.3. The molecule has 0 radical (unpaired) electrons. The van der Waals surface area contributed by atoms with Gasteiger partial charge in [-0.15, -0.1) is 0 Å². The molecule has 0 spiro atoms. The molecule has 5 nitrogen and oxygen atoms in total. The summed E-state index contributed by atoms with van der Waals surface area (Å²) in [7, 11) is 1.55. The molecule has 0 bridgehead atoms. The number of benzene rings is 3. The largest absolute Gasteiger partial charge is 0.469 e. The molecule has 2 aliphatic carbocycles. The number of carbonyl (C=O) groups excluding carboxylic acids is 1. The van der Waals surface area contributed by atoms with Crippen LogP contribution >= 0.6 is 0 Å². The Morgan fingerprint density at radius 3 is 2.54 bits per heavy atom. The molecule has 1 saturated carbocycles. The smallest absolute Gasteiger partial charge is 0.312 e. The highest BCUT2D eigenvalue weighted by Crippen LogP contribution is 2.65. The lowest BCUT2D eigenvalue weighted by atomic mass is 9.49. The highest BCUT2D eigenvalue weighted by molar-refractivity contribution is 5.96. The third kappa shape index (κ3) is 3.67. The van der Waals surface area contributed by atoms with E-state index in [9.17, 15) is 4.79 Å². The second-order valence-corrected chi connectivity index (χ2v) is 12.9. The lowest BCUT2D eigenvalue weighted by Crippen LogP contribution is -2.50. The summed E-state index contributed by atoms with van der Waals surface area (Å²) >= 11 is 0. The van der Waals surface area contributed by atoms with Crippen LogP contribution < -0.4 is 0 Å². The van der Waals surface area contributed by atoms with E-state index in [-0.39, 0.29) is 17.3 Å². The summed E-state index contributed by atoms with van der Waals surface area (Å²) in [5.74, 6) is 0.350. The fourth-order valence-electron chi connectivity index (χ4n) is 8.35. The summed E-state index contributed by atoms with van der Waals surface area (Å²) in [4.78, 5) is 18.3. The Hall–Kier alpha value is -3.86. The number of aryl methyl sites for hydroxylation is 2. The minimum absolute atomic E-state index is 0.0174. The van der Waals surface area contributed by atoms with Crippen LogP contribution in [0.25, 0.3) is 33.2 Å². The maximum Gasteiger partial charge on any atom is 0.312 e. The summed E-state index contributed by atoms with van der Waals surface area (Å²) in [6.07, 6.45) is 4.85. The van der Waals surface area contributed by atoms with E-state index in [0.717, 1.165) is 43.4 Å². The van der Waals surface area contributed by atoms with Gasteiger partial charge < -0.3 is 13.9 Å². The van der Waals surface area contributed by atoms with E-state index in [4.69, 9.17) is 4.74 Å². The van der Waals surface area contributed by atoms with E-state index in [1.165, 1.54) is 38.9 Å². The number of para-hydroxylation sites is 3. The summed E-state index contributed by atoms with van der Waals surface area (Å²) in [6, 6.07) is 24.3. The number of aromatic nitrogens is 3. The van der Waals surface area contributed by atoms with Gasteiger partial charge >= 0.3 is 5.97 Å². The van der Waals surface area contributed by atoms with Crippen LogP contribution in [0, 0.1) is 5.41 Å². The molecule has 1 fully saturated rings. The first-order valence-electron chi connectivity index (χ1n) is 15.0. The van der Waals surface area contributed by atoms with Crippen LogP contribution in [0.5, 0.6) is 0 Å². The van der Waals surface area contributed by atoms with Gasteiger partial charge in [0.25, 0.3) is 0 Å². The van der Waals surface area contributed by atoms with Crippen molar-refractivity contribution in [1.82, 2.24) is 14.1 Å². The molecule has 2 heterocycles. The SMILES string of the molecule is COC(=O)[C@]1(C)CCC[C@]2(C)c3ccc(C(C)C)cc3-c3c(c4ccccc4n3CCn3cnc4ccccc43)C12. The second kappa shape index (κ2) is 9.34. The van der Waals surface area contributed by atoms with Crippen molar-refractivity contribution in [2.75, 3.05) is 7.11 Å². The monoisotopic (exact) mass is 545 g/mol. The Labute approximate surface area is 242 Å². The second-order valence-electron chi connectivity index (χ2n) is 12.9. The topological polar surface area (TPSA) is 49.0 Å². The Morgan fingerprint density at radius 2 is 1.76 bits per heavy atom. The first kappa shape index (κ1) is 26.1. The lowest BCUT2D eigenvalue weighted by molar-refractivity contribution is -0.157. The average Bonchev–Trinajstić information content (AvgIpc) is 3.54. The summed E-state index contributed by atoms with van der Waals surface area (Å²) in [5, 5.41) is 1.26. The van der Waals surface area contributed by atoms with Gasteiger partial charge in [0.2, 0.25) is 0 Å². The van der Waals surface area contributed by atoms with Crippen molar-refractivity contribution in [3.05, 3.63) is 89.7 Å². The summed E-state index contributed by atoms with van der Waals surface area (Å²) in [5.41, 5.74) is 9.24. The zero-order valence-electron chi connectivity index (χ0n) is 24.8. The highest BCUT2D eigenvalue weighted by Gasteiger charge is 2.58. The van der Waals surface area contributed by atoms with Gasteiger partial charge in [0.05, 0.1) is 35.6 Å². The molecule has 0 amide bonds. The minimum atomic E-state index is -0.611. The molecular formula is C36H39N3O2. The molecule has 41 heavy (non-hydrogen) atoms. The quantitative estimate of drug-likeness (QED) is 0.209. The van der Waals surface area contributed by atoms with Gasteiger partial charge in [0.1, 0.15) is 0 Å². The van der Waals surface area contributed by atoms with E-state index < -0.39 is 5.41 Å². The van der Waals surface area contributed by atoms with E-state index >= 15 is 0 Å². The fourth-order valence-corrected chi connectivity index (χ4v) is 8.35. The molecule has 0 saturated heterocycles. The lowest BCUT2D eigenvalue weighted by Gasteiger charge is -2.54. The summed E-state index contributed by atoms with van der Waals surface area (Å²) in [6.45, 7) is 10.7. The zero-order chi connectivity index (χ0) is 28.5. The molecule has 3 atom stereocenters. The van der Waals surface area contributed by atoms with E-state index in [2.05, 4.69) is 102 Å². The number of carbonyl (C=O) groups is 1.